The summed E-state index contributed by atoms with van der Waals surface area (Å²) < 4.78 is 5.27. The van der Waals surface area contributed by atoms with Crippen LogP contribution >= 0.6 is 0 Å². The molecule has 1 atom stereocenters. The molecule has 2 aliphatic heterocycles. The van der Waals surface area contributed by atoms with Gasteiger partial charge in [0.2, 0.25) is 0 Å². The minimum atomic E-state index is 0.173. The SMILES string of the molecule is CCN1CCC(CO)(CC2CO2)CC1. The lowest BCUT2D eigenvalue weighted by molar-refractivity contribution is 0.0329. The average molecular weight is 199 g/mol. The molecule has 0 aliphatic carbocycles. The van der Waals surface area contributed by atoms with E-state index < -0.39 is 0 Å². The molecule has 2 fully saturated rings. The number of rotatable bonds is 4. The second kappa shape index (κ2) is 4.17. The van der Waals surface area contributed by atoms with Crippen molar-refractivity contribution >= 4 is 0 Å². The van der Waals surface area contributed by atoms with Gasteiger partial charge in [0.1, 0.15) is 0 Å². The molecule has 0 saturated carbocycles. The molecule has 0 spiro atoms. The molecule has 0 bridgehead atoms. The Kier molecular flexibility index (Phi) is 3.10. The zero-order chi connectivity index (χ0) is 10.0. The van der Waals surface area contributed by atoms with Crippen molar-refractivity contribution in [2.45, 2.75) is 32.3 Å². The Hall–Kier alpha value is -0.120. The van der Waals surface area contributed by atoms with Crippen LogP contribution in [0, 0.1) is 5.41 Å². The molecule has 3 heteroatoms. The highest BCUT2D eigenvalue weighted by atomic mass is 16.6. The van der Waals surface area contributed by atoms with Crippen LogP contribution < -0.4 is 0 Å². The van der Waals surface area contributed by atoms with Crippen LogP contribution in [0.2, 0.25) is 0 Å². The maximum Gasteiger partial charge on any atom is 0.0816 e. The molecule has 2 saturated heterocycles. The molecule has 2 rings (SSSR count). The summed E-state index contributed by atoms with van der Waals surface area (Å²) in [4.78, 5) is 2.46. The first kappa shape index (κ1) is 10.4. The second-order valence-corrected chi connectivity index (χ2v) is 4.75. The van der Waals surface area contributed by atoms with Crippen molar-refractivity contribution in [1.82, 2.24) is 4.90 Å². The lowest BCUT2D eigenvalue weighted by atomic mass is 9.75. The van der Waals surface area contributed by atoms with Gasteiger partial charge in [0, 0.05) is 6.61 Å². The Morgan fingerprint density at radius 1 is 1.43 bits per heavy atom. The van der Waals surface area contributed by atoms with Gasteiger partial charge in [0.05, 0.1) is 12.7 Å². The Balaban J connectivity index is 1.86. The summed E-state index contributed by atoms with van der Waals surface area (Å²) in [7, 11) is 0. The molecule has 1 N–H and O–H groups in total. The third-order valence-electron chi connectivity index (χ3n) is 3.76. The van der Waals surface area contributed by atoms with Gasteiger partial charge in [0.25, 0.3) is 0 Å². The predicted molar refractivity (Wildman–Crippen MR) is 55.2 cm³/mol. The van der Waals surface area contributed by atoms with Crippen molar-refractivity contribution in [3.8, 4) is 0 Å². The van der Waals surface area contributed by atoms with E-state index in [1.165, 1.54) is 0 Å². The Labute approximate surface area is 86.0 Å². The number of aliphatic hydroxyl groups excluding tert-OH is 1. The average Bonchev–Trinajstić information content (AvgIpc) is 3.03. The fourth-order valence-electron chi connectivity index (χ4n) is 2.44. The van der Waals surface area contributed by atoms with Gasteiger partial charge in [-0.2, -0.15) is 0 Å². The third-order valence-corrected chi connectivity index (χ3v) is 3.76. The lowest BCUT2D eigenvalue weighted by Gasteiger charge is -2.40. The zero-order valence-corrected chi connectivity index (χ0v) is 9.04. The smallest absolute Gasteiger partial charge is 0.0816 e. The number of hydrogen-bond acceptors (Lipinski definition) is 3. The fraction of sp³-hybridized carbons (Fsp3) is 1.00. The van der Waals surface area contributed by atoms with E-state index in [9.17, 15) is 5.11 Å². The molecule has 2 aliphatic rings. The first-order valence-corrected chi connectivity index (χ1v) is 5.73. The van der Waals surface area contributed by atoms with E-state index in [2.05, 4.69) is 11.8 Å². The fourth-order valence-corrected chi connectivity index (χ4v) is 2.44. The molecular weight excluding hydrogens is 178 g/mol. The first-order chi connectivity index (χ1) is 6.78. The van der Waals surface area contributed by atoms with E-state index in [0.29, 0.717) is 12.7 Å². The van der Waals surface area contributed by atoms with E-state index in [-0.39, 0.29) is 5.41 Å². The highest BCUT2D eigenvalue weighted by Gasteiger charge is 2.39. The summed E-state index contributed by atoms with van der Waals surface area (Å²) in [6.07, 6.45) is 3.80. The van der Waals surface area contributed by atoms with Crippen LogP contribution in [-0.4, -0.2) is 49.0 Å². The van der Waals surface area contributed by atoms with Crippen molar-refractivity contribution < 1.29 is 9.84 Å². The summed E-state index contributed by atoms with van der Waals surface area (Å²) in [6.45, 7) is 6.88. The quantitative estimate of drug-likeness (QED) is 0.682. The van der Waals surface area contributed by atoms with Gasteiger partial charge in [-0.1, -0.05) is 6.92 Å². The van der Waals surface area contributed by atoms with Crippen molar-refractivity contribution in [3.05, 3.63) is 0 Å². The lowest BCUT2D eigenvalue weighted by Crippen LogP contribution is -2.42. The molecule has 0 radical (unpaired) electrons. The maximum atomic E-state index is 9.50. The summed E-state index contributed by atoms with van der Waals surface area (Å²) in [5.41, 5.74) is 0.173. The summed E-state index contributed by atoms with van der Waals surface area (Å²) in [5, 5.41) is 9.50. The maximum absolute atomic E-state index is 9.50. The van der Waals surface area contributed by atoms with Gasteiger partial charge in [-0.15, -0.1) is 0 Å². The summed E-state index contributed by atoms with van der Waals surface area (Å²) >= 11 is 0. The van der Waals surface area contributed by atoms with Crippen LogP contribution in [0.15, 0.2) is 0 Å². The molecule has 2 heterocycles. The standard InChI is InChI=1S/C11H21NO2/c1-2-12-5-3-11(9-13,4-6-12)7-10-8-14-10/h10,13H,2-9H2,1H3. The number of nitrogens with zero attached hydrogens (tertiary/aromatic N) is 1. The van der Waals surface area contributed by atoms with Crippen molar-refractivity contribution in [2.75, 3.05) is 32.8 Å². The molecule has 14 heavy (non-hydrogen) atoms. The summed E-state index contributed by atoms with van der Waals surface area (Å²) in [5.74, 6) is 0. The predicted octanol–water partition coefficient (Wildman–Crippen LogP) is 0.870. The Morgan fingerprint density at radius 2 is 2.07 bits per heavy atom. The van der Waals surface area contributed by atoms with Crippen LogP contribution in [0.1, 0.15) is 26.2 Å². The number of epoxide rings is 1. The number of hydrogen-bond donors (Lipinski definition) is 1. The summed E-state index contributed by atoms with van der Waals surface area (Å²) in [6, 6.07) is 0. The van der Waals surface area contributed by atoms with Crippen LogP contribution in [0.4, 0.5) is 0 Å². The van der Waals surface area contributed by atoms with Crippen LogP contribution in [0.5, 0.6) is 0 Å². The highest BCUT2D eigenvalue weighted by molar-refractivity contribution is 4.90. The van der Waals surface area contributed by atoms with E-state index in [4.69, 9.17) is 4.74 Å². The van der Waals surface area contributed by atoms with Crippen LogP contribution in [0.3, 0.4) is 0 Å². The van der Waals surface area contributed by atoms with E-state index in [1.54, 1.807) is 0 Å². The Morgan fingerprint density at radius 3 is 2.50 bits per heavy atom. The highest BCUT2D eigenvalue weighted by Crippen LogP contribution is 2.38. The molecular formula is C11H21NO2. The molecule has 0 aromatic carbocycles. The molecule has 0 aromatic heterocycles. The molecule has 0 aromatic rings. The number of likely N-dealkylation sites (tertiary alicyclic amines) is 1. The molecule has 82 valence electrons. The molecule has 0 amide bonds. The van der Waals surface area contributed by atoms with Crippen LogP contribution in [0.25, 0.3) is 0 Å². The molecule has 3 nitrogen and oxygen atoms in total. The topological polar surface area (TPSA) is 36.0 Å². The van der Waals surface area contributed by atoms with Gasteiger partial charge in [-0.3, -0.25) is 0 Å². The van der Waals surface area contributed by atoms with Gasteiger partial charge in [-0.05, 0) is 44.3 Å². The first-order valence-electron chi connectivity index (χ1n) is 5.73. The Bertz CT molecular complexity index is 184. The minimum Gasteiger partial charge on any atom is -0.396 e. The van der Waals surface area contributed by atoms with E-state index in [0.717, 1.165) is 45.5 Å². The van der Waals surface area contributed by atoms with Gasteiger partial charge < -0.3 is 14.7 Å². The van der Waals surface area contributed by atoms with E-state index in [1.807, 2.05) is 0 Å². The minimum absolute atomic E-state index is 0.173. The second-order valence-electron chi connectivity index (χ2n) is 4.75. The van der Waals surface area contributed by atoms with Gasteiger partial charge >= 0.3 is 0 Å². The number of ether oxygens (including phenoxy) is 1. The normalized spacial score (nSPS) is 31.7. The van der Waals surface area contributed by atoms with Crippen LogP contribution in [-0.2, 0) is 4.74 Å². The number of aliphatic hydroxyl groups is 1. The van der Waals surface area contributed by atoms with Gasteiger partial charge in [0.15, 0.2) is 0 Å². The number of piperidine rings is 1. The molecule has 1 unspecified atom stereocenters. The largest absolute Gasteiger partial charge is 0.396 e. The van der Waals surface area contributed by atoms with Crippen molar-refractivity contribution in [2.24, 2.45) is 5.41 Å². The van der Waals surface area contributed by atoms with E-state index >= 15 is 0 Å². The third kappa shape index (κ3) is 2.27. The van der Waals surface area contributed by atoms with Crippen molar-refractivity contribution in [3.63, 3.8) is 0 Å². The van der Waals surface area contributed by atoms with Crippen molar-refractivity contribution in [1.29, 1.82) is 0 Å². The monoisotopic (exact) mass is 199 g/mol. The van der Waals surface area contributed by atoms with Gasteiger partial charge in [-0.25, -0.2) is 0 Å². The zero-order valence-electron chi connectivity index (χ0n) is 9.04.